The Labute approximate surface area is 155 Å². The van der Waals surface area contributed by atoms with Gasteiger partial charge in [-0.3, -0.25) is 4.79 Å². The minimum absolute atomic E-state index is 0.00297. The van der Waals surface area contributed by atoms with Crippen molar-refractivity contribution in [2.24, 2.45) is 0 Å². The molecule has 0 heterocycles. The molecule has 0 aromatic heterocycles. The Kier molecular flexibility index (Phi) is 9.42. The molecule has 0 aliphatic heterocycles. The van der Waals surface area contributed by atoms with Gasteiger partial charge in [0, 0.05) is 19.7 Å². The molecule has 0 radical (unpaired) electrons. The Morgan fingerprint density at radius 3 is 2.68 bits per heavy atom. The third-order valence-corrected chi connectivity index (χ3v) is 5.50. The summed E-state index contributed by atoms with van der Waals surface area (Å²) in [5.74, 6) is -0.372. The molecule has 1 amide bonds. The Morgan fingerprint density at radius 2 is 2.04 bits per heavy atom. The number of hydrogen-bond donors (Lipinski definition) is 2. The van der Waals surface area contributed by atoms with Crippen LogP contribution in [0.4, 0.5) is 0 Å². The number of carbonyl (C=O) groups is 1. The van der Waals surface area contributed by atoms with E-state index in [-0.39, 0.29) is 40.6 Å². The minimum atomic E-state index is -3.72. The fraction of sp³-hybridized carbons (Fsp3) is 0.588. The van der Waals surface area contributed by atoms with Gasteiger partial charge < -0.3 is 10.1 Å². The van der Waals surface area contributed by atoms with Gasteiger partial charge in [0.2, 0.25) is 10.0 Å². The van der Waals surface area contributed by atoms with Gasteiger partial charge in [0.05, 0.1) is 22.1 Å². The van der Waals surface area contributed by atoms with Gasteiger partial charge in [-0.15, -0.1) is 0 Å². The number of rotatable bonds is 11. The lowest BCUT2D eigenvalue weighted by atomic mass is 10.1. The molecule has 0 fully saturated rings. The smallest absolute Gasteiger partial charge is 0.253 e. The number of benzene rings is 1. The summed E-state index contributed by atoms with van der Waals surface area (Å²) in [5, 5.41) is 3.09. The summed E-state index contributed by atoms with van der Waals surface area (Å²) in [4.78, 5) is 12.4. The first kappa shape index (κ1) is 21.9. The van der Waals surface area contributed by atoms with E-state index in [2.05, 4.69) is 17.0 Å². The van der Waals surface area contributed by atoms with Crippen molar-refractivity contribution >= 4 is 27.5 Å². The molecule has 0 saturated carbocycles. The summed E-state index contributed by atoms with van der Waals surface area (Å²) < 4.78 is 31.7. The highest BCUT2D eigenvalue weighted by Crippen LogP contribution is 2.21. The highest BCUT2D eigenvalue weighted by atomic mass is 35.5. The predicted octanol–water partition coefficient (Wildman–Crippen LogP) is 2.96. The van der Waals surface area contributed by atoms with Gasteiger partial charge in [-0.1, -0.05) is 37.8 Å². The number of unbranched alkanes of at least 4 members (excludes halogenated alkanes) is 2. The van der Waals surface area contributed by atoms with Gasteiger partial charge in [0.25, 0.3) is 5.91 Å². The Hall–Kier alpha value is -1.15. The quantitative estimate of drug-likeness (QED) is 0.569. The topological polar surface area (TPSA) is 84.5 Å². The van der Waals surface area contributed by atoms with E-state index in [1.807, 2.05) is 6.92 Å². The number of carbonyl (C=O) groups excluding carboxylic acids is 1. The highest BCUT2D eigenvalue weighted by molar-refractivity contribution is 7.89. The lowest BCUT2D eigenvalue weighted by Crippen LogP contribution is -2.33. The van der Waals surface area contributed by atoms with Crippen LogP contribution in [0.5, 0.6) is 0 Å². The molecule has 1 aromatic rings. The molecule has 0 bridgehead atoms. The molecule has 142 valence electrons. The van der Waals surface area contributed by atoms with Crippen LogP contribution in [0, 0.1) is 0 Å². The number of ether oxygens (including phenoxy) is 1. The van der Waals surface area contributed by atoms with E-state index < -0.39 is 10.0 Å². The summed E-state index contributed by atoms with van der Waals surface area (Å²) >= 11 is 6.08. The average Bonchev–Trinajstić information content (AvgIpc) is 2.55. The van der Waals surface area contributed by atoms with E-state index in [0.29, 0.717) is 0 Å². The number of amides is 1. The third kappa shape index (κ3) is 7.32. The first-order valence-electron chi connectivity index (χ1n) is 8.40. The summed E-state index contributed by atoms with van der Waals surface area (Å²) in [5.41, 5.74) is 0.152. The molecule has 0 unspecified atom stereocenters. The molecular weight excluding hydrogens is 364 g/mol. The van der Waals surface area contributed by atoms with Crippen molar-refractivity contribution in [1.82, 2.24) is 10.0 Å². The van der Waals surface area contributed by atoms with Crippen molar-refractivity contribution in [3.05, 3.63) is 28.8 Å². The lowest BCUT2D eigenvalue weighted by molar-refractivity contribution is 0.0938. The largest absolute Gasteiger partial charge is 0.383 e. The summed E-state index contributed by atoms with van der Waals surface area (Å²) in [6.45, 7) is 4.46. The Balaban J connectivity index is 2.84. The van der Waals surface area contributed by atoms with Gasteiger partial charge in [-0.2, -0.15) is 0 Å². The zero-order valence-corrected chi connectivity index (χ0v) is 16.5. The molecule has 8 heteroatoms. The first-order chi connectivity index (χ1) is 11.8. The number of halogens is 1. The van der Waals surface area contributed by atoms with Crippen LogP contribution >= 0.6 is 11.6 Å². The van der Waals surface area contributed by atoms with Crippen LogP contribution in [0.3, 0.4) is 0 Å². The molecule has 1 aromatic carbocycles. The van der Waals surface area contributed by atoms with Crippen molar-refractivity contribution < 1.29 is 17.9 Å². The van der Waals surface area contributed by atoms with E-state index in [1.54, 1.807) is 0 Å². The SMILES string of the molecule is CCCCC[C@H](C)NC(=O)c1cc(S(=O)(=O)NCCOC)ccc1Cl. The Bertz CT molecular complexity index is 665. The monoisotopic (exact) mass is 390 g/mol. The molecule has 25 heavy (non-hydrogen) atoms. The molecule has 1 rings (SSSR count). The van der Waals surface area contributed by atoms with Gasteiger partial charge in [-0.25, -0.2) is 13.1 Å². The van der Waals surface area contributed by atoms with Gasteiger partial charge >= 0.3 is 0 Å². The predicted molar refractivity (Wildman–Crippen MR) is 99.6 cm³/mol. The molecule has 1 atom stereocenters. The van der Waals surface area contributed by atoms with Crippen LogP contribution in [-0.2, 0) is 14.8 Å². The summed E-state index contributed by atoms with van der Waals surface area (Å²) in [6, 6.07) is 4.09. The van der Waals surface area contributed by atoms with Crippen LogP contribution in [0.2, 0.25) is 5.02 Å². The van der Waals surface area contributed by atoms with Crippen LogP contribution in [-0.4, -0.2) is 40.6 Å². The molecule has 2 N–H and O–H groups in total. The number of hydrogen-bond acceptors (Lipinski definition) is 4. The summed E-state index contributed by atoms with van der Waals surface area (Å²) in [7, 11) is -2.23. The molecule has 0 spiro atoms. The van der Waals surface area contributed by atoms with Crippen molar-refractivity contribution in [2.75, 3.05) is 20.3 Å². The molecule has 0 aliphatic rings. The maximum absolute atomic E-state index is 12.4. The second kappa shape index (κ2) is 10.8. The highest BCUT2D eigenvalue weighted by Gasteiger charge is 2.19. The molecule has 6 nitrogen and oxygen atoms in total. The van der Waals surface area contributed by atoms with E-state index in [4.69, 9.17) is 16.3 Å². The van der Waals surface area contributed by atoms with E-state index in [1.165, 1.54) is 25.3 Å². The average molecular weight is 391 g/mol. The van der Waals surface area contributed by atoms with Gasteiger partial charge in [0.1, 0.15) is 0 Å². The van der Waals surface area contributed by atoms with E-state index in [9.17, 15) is 13.2 Å². The van der Waals surface area contributed by atoms with Crippen molar-refractivity contribution in [2.45, 2.75) is 50.5 Å². The Morgan fingerprint density at radius 1 is 1.32 bits per heavy atom. The third-order valence-electron chi connectivity index (χ3n) is 3.71. The maximum atomic E-state index is 12.4. The number of nitrogens with one attached hydrogen (secondary N) is 2. The fourth-order valence-electron chi connectivity index (χ4n) is 2.28. The lowest BCUT2D eigenvalue weighted by Gasteiger charge is -2.15. The summed E-state index contributed by atoms with van der Waals surface area (Å²) in [6.07, 6.45) is 4.13. The van der Waals surface area contributed by atoms with Gasteiger partial charge in [0.15, 0.2) is 0 Å². The normalized spacial score (nSPS) is 12.8. The van der Waals surface area contributed by atoms with Crippen LogP contribution in [0.15, 0.2) is 23.1 Å². The fourth-order valence-corrected chi connectivity index (χ4v) is 3.52. The molecular formula is C17H27ClN2O4S. The van der Waals surface area contributed by atoms with Crippen molar-refractivity contribution in [1.29, 1.82) is 0 Å². The number of methoxy groups -OCH3 is 1. The standard InChI is InChI=1S/C17H27ClN2O4S/c1-4-5-6-7-13(2)20-17(21)15-12-14(8-9-16(15)18)25(22,23)19-10-11-24-3/h8-9,12-13,19H,4-7,10-11H2,1-3H3,(H,20,21)/t13-/m0/s1. The van der Waals surface area contributed by atoms with Crippen LogP contribution in [0.1, 0.15) is 49.9 Å². The first-order valence-corrected chi connectivity index (χ1v) is 10.3. The molecule has 0 aliphatic carbocycles. The second-order valence-electron chi connectivity index (χ2n) is 5.90. The second-order valence-corrected chi connectivity index (χ2v) is 8.08. The maximum Gasteiger partial charge on any atom is 0.253 e. The van der Waals surface area contributed by atoms with Crippen LogP contribution < -0.4 is 10.0 Å². The zero-order chi connectivity index (χ0) is 18.9. The van der Waals surface area contributed by atoms with E-state index >= 15 is 0 Å². The zero-order valence-electron chi connectivity index (χ0n) is 15.0. The van der Waals surface area contributed by atoms with Gasteiger partial charge in [-0.05, 0) is 31.5 Å². The van der Waals surface area contributed by atoms with E-state index in [0.717, 1.165) is 25.7 Å². The van der Waals surface area contributed by atoms with Crippen LogP contribution in [0.25, 0.3) is 0 Å². The molecule has 0 saturated heterocycles. The number of sulfonamides is 1. The van der Waals surface area contributed by atoms with Crippen molar-refractivity contribution in [3.63, 3.8) is 0 Å². The van der Waals surface area contributed by atoms with Crippen molar-refractivity contribution in [3.8, 4) is 0 Å². The minimum Gasteiger partial charge on any atom is -0.383 e.